The van der Waals surface area contributed by atoms with Gasteiger partial charge in [-0.1, -0.05) is 11.8 Å². The van der Waals surface area contributed by atoms with Crippen LogP contribution in [0.5, 0.6) is 0 Å². The molecule has 1 aromatic rings. The van der Waals surface area contributed by atoms with Crippen molar-refractivity contribution in [3.05, 3.63) is 17.1 Å². The number of ether oxygens (including phenoxy) is 1. The summed E-state index contributed by atoms with van der Waals surface area (Å²) in [6, 6.07) is 2.06. The maximum Gasteiger partial charge on any atom is 0.305 e. The lowest BCUT2D eigenvalue weighted by molar-refractivity contribution is -0.143. The van der Waals surface area contributed by atoms with Crippen molar-refractivity contribution in [1.82, 2.24) is 15.3 Å². The monoisotopic (exact) mass is 336 g/mol. The van der Waals surface area contributed by atoms with E-state index < -0.39 is 0 Å². The molecule has 0 aliphatic heterocycles. The van der Waals surface area contributed by atoms with Crippen LogP contribution in [-0.4, -0.2) is 40.7 Å². The Balaban J connectivity index is 2.40. The second kappa shape index (κ2) is 9.79. The third-order valence-corrected chi connectivity index (χ3v) is 3.78. The van der Waals surface area contributed by atoms with E-state index in [1.165, 1.54) is 11.8 Å². The molecule has 0 aliphatic carbocycles. The van der Waals surface area contributed by atoms with Gasteiger partial charge >= 0.3 is 5.97 Å². The van der Waals surface area contributed by atoms with Gasteiger partial charge in [0.1, 0.15) is 22.5 Å². The van der Waals surface area contributed by atoms with Gasteiger partial charge in [-0.2, -0.15) is 5.26 Å². The molecule has 23 heavy (non-hydrogen) atoms. The Hall–Kier alpha value is -2.14. The summed E-state index contributed by atoms with van der Waals surface area (Å²) in [6.45, 7) is 6.01. The first-order valence-corrected chi connectivity index (χ1v) is 8.27. The minimum Gasteiger partial charge on any atom is -0.466 e. The highest BCUT2D eigenvalue weighted by Crippen LogP contribution is 2.21. The highest BCUT2D eigenvalue weighted by molar-refractivity contribution is 8.00. The van der Waals surface area contributed by atoms with Gasteiger partial charge in [0.15, 0.2) is 0 Å². The quantitative estimate of drug-likeness (QED) is 0.332. The highest BCUT2D eigenvalue weighted by Gasteiger charge is 2.12. The third-order valence-electron chi connectivity index (χ3n) is 2.81. The lowest BCUT2D eigenvalue weighted by atomic mass is 10.3. The molecule has 0 bridgehead atoms. The molecule has 0 unspecified atom stereocenters. The van der Waals surface area contributed by atoms with Crippen LogP contribution < -0.4 is 5.32 Å². The second-order valence-corrected chi connectivity index (χ2v) is 5.66. The molecule has 0 atom stereocenters. The second-order valence-electron chi connectivity index (χ2n) is 4.70. The van der Waals surface area contributed by atoms with Crippen LogP contribution in [0.2, 0.25) is 0 Å². The zero-order valence-electron chi connectivity index (χ0n) is 13.5. The molecule has 0 saturated heterocycles. The molecule has 124 valence electrons. The van der Waals surface area contributed by atoms with Crippen molar-refractivity contribution in [1.29, 1.82) is 5.26 Å². The van der Waals surface area contributed by atoms with Gasteiger partial charge in [0.25, 0.3) is 0 Å². The number of esters is 1. The number of aryl methyl sites for hydroxylation is 2. The summed E-state index contributed by atoms with van der Waals surface area (Å²) in [7, 11) is 0. The predicted octanol–water partition coefficient (Wildman–Crippen LogP) is 1.52. The summed E-state index contributed by atoms with van der Waals surface area (Å²) in [5, 5.41) is 12.4. The zero-order chi connectivity index (χ0) is 17.2. The van der Waals surface area contributed by atoms with Gasteiger partial charge in [-0.15, -0.1) is 0 Å². The van der Waals surface area contributed by atoms with E-state index in [2.05, 4.69) is 21.4 Å². The molecule has 1 heterocycles. The molecule has 1 amide bonds. The first-order valence-electron chi connectivity index (χ1n) is 7.28. The molecular formula is C15H20N4O3S. The van der Waals surface area contributed by atoms with Crippen molar-refractivity contribution >= 4 is 23.6 Å². The van der Waals surface area contributed by atoms with Crippen LogP contribution >= 0.6 is 11.8 Å². The van der Waals surface area contributed by atoms with E-state index in [9.17, 15) is 9.59 Å². The van der Waals surface area contributed by atoms with Crippen molar-refractivity contribution in [3.63, 3.8) is 0 Å². The summed E-state index contributed by atoms with van der Waals surface area (Å²) in [4.78, 5) is 31.3. The number of rotatable bonds is 8. The number of thioether (sulfide) groups is 1. The van der Waals surface area contributed by atoms with Gasteiger partial charge in [-0.05, 0) is 27.2 Å². The third kappa shape index (κ3) is 6.65. The van der Waals surface area contributed by atoms with E-state index in [-0.39, 0.29) is 24.1 Å². The zero-order valence-corrected chi connectivity index (χ0v) is 14.3. The van der Waals surface area contributed by atoms with Gasteiger partial charge in [0.05, 0.1) is 18.1 Å². The van der Waals surface area contributed by atoms with Crippen molar-refractivity contribution in [3.8, 4) is 6.07 Å². The first-order chi connectivity index (χ1) is 11.0. The number of amides is 1. The Bertz CT molecular complexity index is 613. The fraction of sp³-hybridized carbons (Fsp3) is 0.533. The van der Waals surface area contributed by atoms with E-state index in [4.69, 9.17) is 10.00 Å². The largest absolute Gasteiger partial charge is 0.466 e. The van der Waals surface area contributed by atoms with Gasteiger partial charge in [-0.25, -0.2) is 9.97 Å². The van der Waals surface area contributed by atoms with Crippen LogP contribution in [0.3, 0.4) is 0 Å². The minimum absolute atomic E-state index is 0.157. The molecule has 8 heteroatoms. The lowest BCUT2D eigenvalue weighted by Gasteiger charge is -2.07. The van der Waals surface area contributed by atoms with E-state index in [1.54, 1.807) is 20.8 Å². The average Bonchev–Trinajstić information content (AvgIpc) is 2.49. The maximum absolute atomic E-state index is 11.8. The van der Waals surface area contributed by atoms with Crippen molar-refractivity contribution in [2.24, 2.45) is 0 Å². The van der Waals surface area contributed by atoms with Crippen LogP contribution in [0.1, 0.15) is 36.8 Å². The summed E-state index contributed by atoms with van der Waals surface area (Å²) >= 11 is 1.20. The number of nitriles is 1. The summed E-state index contributed by atoms with van der Waals surface area (Å²) in [5.74, 6) is 0.293. The van der Waals surface area contributed by atoms with E-state index >= 15 is 0 Å². The topological polar surface area (TPSA) is 105 Å². The van der Waals surface area contributed by atoms with E-state index in [1.807, 2.05) is 0 Å². The SMILES string of the molecule is CCOC(=O)CCCNC(=O)CSc1nc(C)nc(C)c1C#N. The van der Waals surface area contributed by atoms with Crippen LogP contribution in [0.25, 0.3) is 0 Å². The molecular weight excluding hydrogens is 316 g/mol. The molecule has 0 radical (unpaired) electrons. The number of hydrogen-bond donors (Lipinski definition) is 1. The number of hydrogen-bond acceptors (Lipinski definition) is 7. The molecule has 0 aromatic carbocycles. The number of carbonyl (C=O) groups excluding carboxylic acids is 2. The summed E-state index contributed by atoms with van der Waals surface area (Å²) in [5.41, 5.74) is 1.01. The van der Waals surface area contributed by atoms with Crippen molar-refractivity contribution in [2.75, 3.05) is 18.9 Å². The van der Waals surface area contributed by atoms with E-state index in [0.717, 1.165) is 0 Å². The van der Waals surface area contributed by atoms with Gasteiger partial charge < -0.3 is 10.1 Å². The smallest absolute Gasteiger partial charge is 0.305 e. The highest BCUT2D eigenvalue weighted by atomic mass is 32.2. The van der Waals surface area contributed by atoms with Gasteiger partial charge in [0.2, 0.25) is 5.91 Å². The number of aromatic nitrogens is 2. The van der Waals surface area contributed by atoms with Gasteiger partial charge in [-0.3, -0.25) is 9.59 Å². The lowest BCUT2D eigenvalue weighted by Crippen LogP contribution is -2.26. The first kappa shape index (κ1) is 18.9. The average molecular weight is 336 g/mol. The van der Waals surface area contributed by atoms with Crippen LogP contribution in [0.4, 0.5) is 0 Å². The molecule has 0 fully saturated rings. The minimum atomic E-state index is -0.262. The summed E-state index contributed by atoms with van der Waals surface area (Å²) < 4.78 is 4.80. The fourth-order valence-electron chi connectivity index (χ4n) is 1.79. The fourth-order valence-corrected chi connectivity index (χ4v) is 2.70. The Morgan fingerprint density at radius 2 is 2.09 bits per heavy atom. The van der Waals surface area contributed by atoms with Crippen molar-refractivity contribution in [2.45, 2.75) is 38.6 Å². The Labute approximate surface area is 139 Å². The molecule has 0 saturated carbocycles. The van der Waals surface area contributed by atoms with Crippen LogP contribution in [0.15, 0.2) is 5.03 Å². The molecule has 0 aliphatic rings. The standard InChI is InChI=1S/C15H20N4O3S/c1-4-22-14(21)6-5-7-17-13(20)9-23-15-12(8-16)10(2)18-11(3)19-15/h4-7,9H2,1-3H3,(H,17,20). The Morgan fingerprint density at radius 1 is 1.35 bits per heavy atom. The molecule has 1 rings (SSSR count). The van der Waals surface area contributed by atoms with Crippen LogP contribution in [-0.2, 0) is 14.3 Å². The van der Waals surface area contributed by atoms with Crippen LogP contribution in [0, 0.1) is 25.2 Å². The summed E-state index contributed by atoms with van der Waals surface area (Å²) in [6.07, 6.45) is 0.814. The number of nitrogens with zero attached hydrogens (tertiary/aromatic N) is 3. The van der Waals surface area contributed by atoms with E-state index in [0.29, 0.717) is 41.7 Å². The number of carbonyl (C=O) groups is 2. The molecule has 1 N–H and O–H groups in total. The van der Waals surface area contributed by atoms with Crippen molar-refractivity contribution < 1.29 is 14.3 Å². The number of nitrogens with one attached hydrogen (secondary N) is 1. The van der Waals surface area contributed by atoms with Gasteiger partial charge in [0, 0.05) is 13.0 Å². The normalized spacial score (nSPS) is 10.0. The Morgan fingerprint density at radius 3 is 2.74 bits per heavy atom. The maximum atomic E-state index is 11.8. The molecule has 0 spiro atoms. The predicted molar refractivity (Wildman–Crippen MR) is 85.8 cm³/mol. The molecule has 7 nitrogen and oxygen atoms in total. The Kier molecular flexibility index (Phi) is 8.05. The molecule has 1 aromatic heterocycles.